The van der Waals surface area contributed by atoms with Crippen molar-refractivity contribution in [3.63, 3.8) is 0 Å². The van der Waals surface area contributed by atoms with Crippen molar-refractivity contribution < 1.29 is 37.0 Å². The number of aromatic nitrogens is 1. The van der Waals surface area contributed by atoms with E-state index in [0.717, 1.165) is 18.9 Å². The fraction of sp³-hybridized carbons (Fsp3) is 0.656. The Morgan fingerprint density at radius 1 is 1.07 bits per heavy atom. The summed E-state index contributed by atoms with van der Waals surface area (Å²) in [6.45, 7) is 18.5. The van der Waals surface area contributed by atoms with Gasteiger partial charge in [-0.1, -0.05) is 20.8 Å². The Kier molecular flexibility index (Phi) is 9.57. The van der Waals surface area contributed by atoms with Crippen LogP contribution in [-0.4, -0.2) is 67.9 Å². The lowest BCUT2D eigenvalue weighted by atomic mass is 10.1. The van der Waals surface area contributed by atoms with Gasteiger partial charge >= 0.3 is 12.1 Å². The summed E-state index contributed by atoms with van der Waals surface area (Å²) in [5.74, 6) is -3.79. The molecule has 12 heteroatoms. The quantitative estimate of drug-likeness (QED) is 0.220. The zero-order chi connectivity index (χ0) is 32.8. The number of pyridine rings is 1. The van der Waals surface area contributed by atoms with Gasteiger partial charge in [-0.05, 0) is 71.2 Å². The fourth-order valence-electron chi connectivity index (χ4n) is 5.12. The van der Waals surface area contributed by atoms with E-state index in [2.05, 4.69) is 33.9 Å². The largest absolute Gasteiger partial charge is 0.486 e. The van der Waals surface area contributed by atoms with Crippen molar-refractivity contribution in [2.75, 3.05) is 26.4 Å². The third kappa shape index (κ3) is 7.27. The number of nitrogens with zero attached hydrogens (tertiary/aromatic N) is 2. The van der Waals surface area contributed by atoms with Gasteiger partial charge in [0.25, 0.3) is 0 Å². The molecule has 4 rings (SSSR count). The van der Waals surface area contributed by atoms with Crippen LogP contribution in [0.1, 0.15) is 84.1 Å². The first-order valence-corrected chi connectivity index (χ1v) is 18.3. The third-order valence-electron chi connectivity index (χ3n) is 8.64. The summed E-state index contributed by atoms with van der Waals surface area (Å²) in [6.07, 6.45) is 2.80. The molecule has 244 valence electrons. The molecule has 0 bridgehead atoms. The number of benzene rings is 1. The molecule has 1 amide bonds. The van der Waals surface area contributed by atoms with Crippen LogP contribution in [0.3, 0.4) is 0 Å². The molecule has 2 aliphatic rings. The van der Waals surface area contributed by atoms with Gasteiger partial charge in [0.05, 0.1) is 23.6 Å². The lowest BCUT2D eigenvalue weighted by molar-refractivity contribution is 0.0180. The minimum Gasteiger partial charge on any atom is -0.486 e. The van der Waals surface area contributed by atoms with Crippen LogP contribution in [0.5, 0.6) is 5.75 Å². The van der Waals surface area contributed by atoms with Gasteiger partial charge in [0.1, 0.15) is 17.8 Å². The Morgan fingerprint density at radius 3 is 2.30 bits per heavy atom. The van der Waals surface area contributed by atoms with Gasteiger partial charge in [-0.25, -0.2) is 14.0 Å². The molecular weight excluding hydrogens is 590 g/mol. The molecule has 0 N–H and O–H groups in total. The SMILES string of the molecule is CCOC(=O)c1cn(C2CC2)c2c(OC[C@@H]3C[C@@H](CO[Si](C)(C)C(C)(C)C)CN3C(=O)OC(C)(C)C)c(F)c(F)cc2c1=O. The number of hydrogen-bond donors (Lipinski definition) is 0. The molecule has 1 aliphatic carbocycles. The van der Waals surface area contributed by atoms with Crippen molar-refractivity contribution in [2.24, 2.45) is 5.92 Å². The number of hydrogen-bond acceptors (Lipinski definition) is 7. The normalized spacial score (nSPS) is 19.4. The van der Waals surface area contributed by atoms with Gasteiger partial charge in [-0.2, -0.15) is 4.39 Å². The van der Waals surface area contributed by atoms with Crippen LogP contribution in [0.4, 0.5) is 13.6 Å². The summed E-state index contributed by atoms with van der Waals surface area (Å²) in [7, 11) is -2.05. The molecular formula is C32H46F2N2O7Si. The van der Waals surface area contributed by atoms with Gasteiger partial charge in [0, 0.05) is 31.3 Å². The average Bonchev–Trinajstić information content (AvgIpc) is 3.66. The van der Waals surface area contributed by atoms with E-state index in [4.69, 9.17) is 18.6 Å². The predicted molar refractivity (Wildman–Crippen MR) is 166 cm³/mol. The number of esters is 1. The first kappa shape index (κ1) is 33.9. The van der Waals surface area contributed by atoms with E-state index in [1.165, 1.54) is 6.20 Å². The fourth-order valence-corrected chi connectivity index (χ4v) is 6.20. The Labute approximate surface area is 258 Å². The first-order chi connectivity index (χ1) is 20.3. The molecule has 1 aromatic heterocycles. The highest BCUT2D eigenvalue weighted by Gasteiger charge is 2.42. The Hall–Kier alpha value is -2.99. The second-order valence-corrected chi connectivity index (χ2v) is 19.2. The predicted octanol–water partition coefficient (Wildman–Crippen LogP) is 6.82. The second kappa shape index (κ2) is 12.4. The molecule has 0 radical (unpaired) electrons. The Morgan fingerprint density at radius 2 is 1.73 bits per heavy atom. The van der Waals surface area contributed by atoms with Crippen LogP contribution in [0.25, 0.3) is 10.9 Å². The van der Waals surface area contributed by atoms with E-state index in [9.17, 15) is 18.8 Å². The van der Waals surface area contributed by atoms with E-state index in [1.54, 1.807) is 37.2 Å². The summed E-state index contributed by atoms with van der Waals surface area (Å²) in [5.41, 5.74) is -1.68. The maximum atomic E-state index is 15.5. The molecule has 44 heavy (non-hydrogen) atoms. The number of likely N-dealkylation sites (tertiary alicyclic amines) is 1. The standard InChI is InChI=1S/C32H46F2N2O7Si/c1-10-40-29(38)23-16-35(20-11-12-20)26-22(27(23)37)14-24(33)25(34)28(26)41-18-21-13-19(17-42-44(8,9)32(5,6)7)15-36(21)30(39)43-31(2,3)4/h14,16,19-21H,10-13,15,17-18H2,1-9H3/t19-,21+/m1/s1. The molecule has 0 spiro atoms. The van der Waals surface area contributed by atoms with Crippen LogP contribution in [-0.2, 0) is 13.9 Å². The number of fused-ring (bicyclic) bond motifs is 1. The molecule has 1 aromatic carbocycles. The van der Waals surface area contributed by atoms with Gasteiger partial charge in [0.2, 0.25) is 11.2 Å². The van der Waals surface area contributed by atoms with Crippen molar-refractivity contribution in [3.05, 3.63) is 39.7 Å². The van der Waals surface area contributed by atoms with E-state index < -0.39 is 54.8 Å². The van der Waals surface area contributed by atoms with Crippen molar-refractivity contribution in [2.45, 2.75) is 104 Å². The van der Waals surface area contributed by atoms with Crippen molar-refractivity contribution >= 4 is 31.3 Å². The van der Waals surface area contributed by atoms with Gasteiger partial charge < -0.3 is 28.1 Å². The van der Waals surface area contributed by atoms with Crippen molar-refractivity contribution in [1.29, 1.82) is 0 Å². The average molecular weight is 637 g/mol. The van der Waals surface area contributed by atoms with Gasteiger partial charge in [-0.3, -0.25) is 4.79 Å². The molecule has 2 fully saturated rings. The van der Waals surface area contributed by atoms with Crippen LogP contribution in [0.15, 0.2) is 17.1 Å². The summed E-state index contributed by atoms with van der Waals surface area (Å²) in [4.78, 5) is 40.7. The molecule has 1 saturated carbocycles. The second-order valence-electron chi connectivity index (χ2n) is 14.4. The number of carbonyl (C=O) groups excluding carboxylic acids is 2. The van der Waals surface area contributed by atoms with Crippen molar-refractivity contribution in [1.82, 2.24) is 9.47 Å². The van der Waals surface area contributed by atoms with Crippen LogP contribution >= 0.6 is 0 Å². The topological polar surface area (TPSA) is 96.3 Å². The third-order valence-corrected chi connectivity index (χ3v) is 13.1. The molecule has 1 aliphatic heterocycles. The number of ether oxygens (including phenoxy) is 3. The highest BCUT2D eigenvalue weighted by molar-refractivity contribution is 6.74. The summed E-state index contributed by atoms with van der Waals surface area (Å²) in [5, 5.41) is -0.160. The maximum absolute atomic E-state index is 15.5. The lowest BCUT2D eigenvalue weighted by Gasteiger charge is -2.37. The van der Waals surface area contributed by atoms with Crippen LogP contribution in [0.2, 0.25) is 18.1 Å². The number of carbonyl (C=O) groups is 2. The molecule has 1 saturated heterocycles. The van der Waals surface area contributed by atoms with E-state index in [0.29, 0.717) is 19.6 Å². The van der Waals surface area contributed by atoms with E-state index in [1.807, 2.05) is 0 Å². The molecule has 2 aromatic rings. The summed E-state index contributed by atoms with van der Waals surface area (Å²) in [6, 6.07) is 0.175. The Bertz CT molecular complexity index is 1470. The zero-order valence-corrected chi connectivity index (χ0v) is 28.3. The smallest absolute Gasteiger partial charge is 0.410 e. The maximum Gasteiger partial charge on any atom is 0.410 e. The number of amides is 1. The minimum atomic E-state index is -2.05. The molecule has 0 unspecified atom stereocenters. The van der Waals surface area contributed by atoms with E-state index >= 15 is 4.39 Å². The molecule has 2 heterocycles. The molecule has 2 atom stereocenters. The first-order valence-electron chi connectivity index (χ1n) is 15.3. The van der Waals surface area contributed by atoms with Gasteiger partial charge in [-0.15, -0.1) is 0 Å². The highest BCUT2D eigenvalue weighted by atomic mass is 28.4. The van der Waals surface area contributed by atoms with Crippen molar-refractivity contribution in [3.8, 4) is 5.75 Å². The van der Waals surface area contributed by atoms with E-state index in [-0.39, 0.29) is 46.7 Å². The highest BCUT2D eigenvalue weighted by Crippen LogP contribution is 2.41. The van der Waals surface area contributed by atoms with Crippen LogP contribution < -0.4 is 10.2 Å². The Balaban J connectivity index is 1.68. The monoisotopic (exact) mass is 636 g/mol. The number of rotatable bonds is 9. The number of halogens is 2. The summed E-state index contributed by atoms with van der Waals surface area (Å²) < 4.78 is 55.2. The molecule has 9 nitrogen and oxygen atoms in total. The van der Waals surface area contributed by atoms with Crippen LogP contribution in [0, 0.1) is 17.6 Å². The zero-order valence-electron chi connectivity index (χ0n) is 27.3. The minimum absolute atomic E-state index is 0.0133. The summed E-state index contributed by atoms with van der Waals surface area (Å²) >= 11 is 0. The lowest BCUT2D eigenvalue weighted by Crippen LogP contribution is -2.43. The van der Waals surface area contributed by atoms with Gasteiger partial charge in [0.15, 0.2) is 19.9 Å².